The second-order valence-corrected chi connectivity index (χ2v) is 5.66. The van der Waals surface area contributed by atoms with Gasteiger partial charge in [0.1, 0.15) is 0 Å². The molecule has 1 aromatic carbocycles. The van der Waals surface area contributed by atoms with Gasteiger partial charge in [-0.1, -0.05) is 31.5 Å². The number of anilines is 1. The Bertz CT molecular complexity index is 418. The zero-order valence-electron chi connectivity index (χ0n) is 13.1. The molecule has 0 aromatic heterocycles. The molecule has 1 aliphatic heterocycles. The molecule has 1 aliphatic rings. The monoisotopic (exact) mass is 310 g/mol. The van der Waals surface area contributed by atoms with Crippen molar-refractivity contribution >= 4 is 24.0 Å². The fourth-order valence-corrected chi connectivity index (χ4v) is 3.00. The molecule has 2 rings (SSSR count). The minimum Gasteiger partial charge on any atom is -0.308 e. The third-order valence-corrected chi connectivity index (χ3v) is 4.02. The molecule has 0 N–H and O–H groups in total. The fraction of sp³-hybridized carbons (Fsp3) is 0.588. The number of hydrogen-bond donors (Lipinski definition) is 0. The van der Waals surface area contributed by atoms with Crippen LogP contribution in [0.5, 0.6) is 0 Å². The first-order valence-corrected chi connectivity index (χ1v) is 7.82. The molecule has 0 unspecified atom stereocenters. The first kappa shape index (κ1) is 18.0. The molecule has 0 radical (unpaired) electrons. The number of halogens is 1. The molecule has 0 spiro atoms. The maximum Gasteiger partial charge on any atom is 0.226 e. The number of amides is 1. The SMILES string of the molecule is CCC(=O)N(c1ccccc1)[C@H](C)CN1CCCCC1.Cl. The van der Waals surface area contributed by atoms with Crippen molar-refractivity contribution in [2.75, 3.05) is 24.5 Å². The van der Waals surface area contributed by atoms with E-state index in [0.29, 0.717) is 6.42 Å². The smallest absolute Gasteiger partial charge is 0.226 e. The van der Waals surface area contributed by atoms with Crippen molar-refractivity contribution in [3.63, 3.8) is 0 Å². The van der Waals surface area contributed by atoms with Gasteiger partial charge < -0.3 is 9.80 Å². The first-order valence-electron chi connectivity index (χ1n) is 7.82. The van der Waals surface area contributed by atoms with Crippen molar-refractivity contribution in [2.45, 2.75) is 45.6 Å². The quantitative estimate of drug-likeness (QED) is 0.827. The number of nitrogens with zero attached hydrogens (tertiary/aromatic N) is 2. The van der Waals surface area contributed by atoms with Crippen molar-refractivity contribution in [1.29, 1.82) is 0 Å². The Balaban J connectivity index is 0.00000220. The van der Waals surface area contributed by atoms with Crippen molar-refractivity contribution in [3.05, 3.63) is 30.3 Å². The molecule has 0 saturated carbocycles. The van der Waals surface area contributed by atoms with Gasteiger partial charge in [0.15, 0.2) is 0 Å². The zero-order valence-corrected chi connectivity index (χ0v) is 13.9. The highest BCUT2D eigenvalue weighted by Gasteiger charge is 2.23. The molecule has 1 heterocycles. The zero-order chi connectivity index (χ0) is 14.4. The van der Waals surface area contributed by atoms with E-state index in [1.165, 1.54) is 32.4 Å². The van der Waals surface area contributed by atoms with Gasteiger partial charge in [-0.2, -0.15) is 0 Å². The van der Waals surface area contributed by atoms with E-state index < -0.39 is 0 Å². The van der Waals surface area contributed by atoms with Gasteiger partial charge in [0, 0.05) is 24.7 Å². The van der Waals surface area contributed by atoms with Crippen LogP contribution in [0, 0.1) is 0 Å². The second-order valence-electron chi connectivity index (χ2n) is 5.66. The molecule has 1 fully saturated rings. The highest BCUT2D eigenvalue weighted by Crippen LogP contribution is 2.19. The summed E-state index contributed by atoms with van der Waals surface area (Å²) in [6.07, 6.45) is 4.49. The van der Waals surface area contributed by atoms with E-state index in [0.717, 1.165) is 12.2 Å². The number of carbonyl (C=O) groups is 1. The van der Waals surface area contributed by atoms with E-state index in [2.05, 4.69) is 11.8 Å². The summed E-state index contributed by atoms with van der Waals surface area (Å²) in [5, 5.41) is 0. The van der Waals surface area contributed by atoms with E-state index in [9.17, 15) is 4.79 Å². The Kier molecular flexibility index (Phi) is 7.76. The first-order chi connectivity index (χ1) is 9.72. The lowest BCUT2D eigenvalue weighted by molar-refractivity contribution is -0.118. The number of rotatable bonds is 5. The van der Waals surface area contributed by atoms with Crippen LogP contribution in [0.25, 0.3) is 0 Å². The van der Waals surface area contributed by atoms with E-state index in [4.69, 9.17) is 0 Å². The topological polar surface area (TPSA) is 23.6 Å². The molecule has 118 valence electrons. The number of hydrogen-bond acceptors (Lipinski definition) is 2. The molecule has 3 nitrogen and oxygen atoms in total. The molecule has 1 amide bonds. The lowest BCUT2D eigenvalue weighted by atomic mass is 10.1. The normalized spacial score (nSPS) is 16.9. The van der Waals surface area contributed by atoms with Gasteiger partial charge in [-0.15, -0.1) is 12.4 Å². The minimum atomic E-state index is 0. The summed E-state index contributed by atoms with van der Waals surface area (Å²) in [6, 6.07) is 10.3. The summed E-state index contributed by atoms with van der Waals surface area (Å²) in [5.74, 6) is 0.209. The van der Waals surface area contributed by atoms with E-state index in [1.807, 2.05) is 42.2 Å². The molecular weight excluding hydrogens is 284 g/mol. The van der Waals surface area contributed by atoms with E-state index in [1.54, 1.807) is 0 Å². The number of likely N-dealkylation sites (tertiary alicyclic amines) is 1. The predicted molar refractivity (Wildman–Crippen MR) is 91.2 cm³/mol. The van der Waals surface area contributed by atoms with Gasteiger partial charge in [-0.3, -0.25) is 4.79 Å². The summed E-state index contributed by atoms with van der Waals surface area (Å²) in [7, 11) is 0. The Morgan fingerprint density at radius 1 is 1.19 bits per heavy atom. The van der Waals surface area contributed by atoms with Gasteiger partial charge in [0.2, 0.25) is 5.91 Å². The van der Waals surface area contributed by atoms with Crippen molar-refractivity contribution in [1.82, 2.24) is 4.90 Å². The van der Waals surface area contributed by atoms with E-state index in [-0.39, 0.29) is 24.4 Å². The molecular formula is C17H27ClN2O. The van der Waals surface area contributed by atoms with Crippen LogP contribution in [0.2, 0.25) is 0 Å². The molecule has 1 aromatic rings. The Morgan fingerprint density at radius 2 is 1.81 bits per heavy atom. The van der Waals surface area contributed by atoms with Crippen molar-refractivity contribution in [2.24, 2.45) is 0 Å². The maximum absolute atomic E-state index is 12.3. The maximum atomic E-state index is 12.3. The molecule has 4 heteroatoms. The van der Waals surface area contributed by atoms with Gasteiger partial charge in [0.05, 0.1) is 0 Å². The van der Waals surface area contributed by atoms with Crippen LogP contribution in [0.3, 0.4) is 0 Å². The third kappa shape index (κ3) is 5.01. The Labute approximate surface area is 134 Å². The highest BCUT2D eigenvalue weighted by atomic mass is 35.5. The van der Waals surface area contributed by atoms with E-state index >= 15 is 0 Å². The van der Waals surface area contributed by atoms with Crippen LogP contribution in [0.4, 0.5) is 5.69 Å². The summed E-state index contributed by atoms with van der Waals surface area (Å²) in [4.78, 5) is 16.8. The largest absolute Gasteiger partial charge is 0.308 e. The Morgan fingerprint density at radius 3 is 2.38 bits per heavy atom. The number of para-hydroxylation sites is 1. The summed E-state index contributed by atoms with van der Waals surface area (Å²) in [5.41, 5.74) is 1.02. The number of benzene rings is 1. The standard InChI is InChI=1S/C17H26N2O.ClH/c1-3-17(20)19(16-10-6-4-7-11-16)15(2)14-18-12-8-5-9-13-18;/h4,6-7,10-11,15H,3,5,8-9,12-14H2,1-2H3;1H/t15-;/m1./s1. The van der Waals surface area contributed by atoms with Crippen LogP contribution in [-0.4, -0.2) is 36.5 Å². The van der Waals surface area contributed by atoms with Crippen molar-refractivity contribution in [3.8, 4) is 0 Å². The Hall–Kier alpha value is -1.06. The highest BCUT2D eigenvalue weighted by molar-refractivity contribution is 5.93. The third-order valence-electron chi connectivity index (χ3n) is 4.02. The van der Waals surface area contributed by atoms with Crippen LogP contribution >= 0.6 is 12.4 Å². The molecule has 0 aliphatic carbocycles. The molecule has 1 atom stereocenters. The minimum absolute atomic E-state index is 0. The van der Waals surface area contributed by atoms with Gasteiger partial charge in [0.25, 0.3) is 0 Å². The molecule has 1 saturated heterocycles. The lowest BCUT2D eigenvalue weighted by Crippen LogP contribution is -2.46. The average Bonchev–Trinajstić information content (AvgIpc) is 2.49. The summed E-state index contributed by atoms with van der Waals surface area (Å²) < 4.78 is 0. The lowest BCUT2D eigenvalue weighted by Gasteiger charge is -2.35. The molecule has 21 heavy (non-hydrogen) atoms. The van der Waals surface area contributed by atoms with Gasteiger partial charge in [-0.25, -0.2) is 0 Å². The van der Waals surface area contributed by atoms with Crippen LogP contribution in [-0.2, 0) is 4.79 Å². The summed E-state index contributed by atoms with van der Waals surface area (Å²) >= 11 is 0. The average molecular weight is 311 g/mol. The summed E-state index contributed by atoms with van der Waals surface area (Å²) in [6.45, 7) is 7.42. The number of carbonyl (C=O) groups excluding carboxylic acids is 1. The van der Waals surface area contributed by atoms with Crippen LogP contribution < -0.4 is 4.90 Å². The fourth-order valence-electron chi connectivity index (χ4n) is 3.00. The predicted octanol–water partition coefficient (Wildman–Crippen LogP) is 3.73. The van der Waals surface area contributed by atoms with Crippen LogP contribution in [0.15, 0.2) is 30.3 Å². The van der Waals surface area contributed by atoms with Gasteiger partial charge in [-0.05, 0) is 45.0 Å². The number of piperidine rings is 1. The molecule has 0 bridgehead atoms. The van der Waals surface area contributed by atoms with Crippen molar-refractivity contribution < 1.29 is 4.79 Å². The second kappa shape index (κ2) is 9.06. The van der Waals surface area contributed by atoms with Gasteiger partial charge >= 0.3 is 0 Å². The van der Waals surface area contributed by atoms with Crippen LogP contribution in [0.1, 0.15) is 39.5 Å².